The summed E-state index contributed by atoms with van der Waals surface area (Å²) in [6.07, 6.45) is 0.0561. The van der Waals surface area contributed by atoms with E-state index in [-0.39, 0.29) is 28.5 Å². The molecule has 160 valence electrons. The van der Waals surface area contributed by atoms with Gasteiger partial charge in [-0.1, -0.05) is 0 Å². The summed E-state index contributed by atoms with van der Waals surface area (Å²) < 4.78 is 31.9. The van der Waals surface area contributed by atoms with Crippen molar-refractivity contribution >= 4 is 11.7 Å². The smallest absolute Gasteiger partial charge is 0.344 e. The van der Waals surface area contributed by atoms with Crippen molar-refractivity contribution in [3.8, 4) is 23.0 Å². The summed E-state index contributed by atoms with van der Waals surface area (Å²) in [5, 5.41) is 11.5. The summed E-state index contributed by atoms with van der Waals surface area (Å²) in [6, 6.07) is 6.96. The Balaban J connectivity index is 1.90. The van der Waals surface area contributed by atoms with Gasteiger partial charge >= 0.3 is 11.7 Å². The van der Waals surface area contributed by atoms with Crippen LogP contribution in [0.1, 0.15) is 28.6 Å². The van der Waals surface area contributed by atoms with Crippen molar-refractivity contribution in [1.29, 1.82) is 0 Å². The Morgan fingerprint density at radius 3 is 2.17 bits per heavy atom. The number of carbonyl (C=O) groups excluding carboxylic acids is 1. The van der Waals surface area contributed by atoms with Crippen LogP contribution < -0.4 is 18.9 Å². The Bertz CT molecular complexity index is 913. The van der Waals surface area contributed by atoms with Crippen molar-refractivity contribution in [2.24, 2.45) is 0 Å². The molecule has 10 nitrogen and oxygen atoms in total. The minimum Gasteiger partial charge on any atom is -0.493 e. The first-order valence-corrected chi connectivity index (χ1v) is 9.02. The molecular weight excluding hydrogens is 398 g/mol. The van der Waals surface area contributed by atoms with Gasteiger partial charge in [-0.15, -0.1) is 0 Å². The first kappa shape index (κ1) is 21.3. The zero-order valence-corrected chi connectivity index (χ0v) is 16.7. The van der Waals surface area contributed by atoms with E-state index in [0.29, 0.717) is 24.5 Å². The fourth-order valence-corrected chi connectivity index (χ4v) is 2.95. The standard InChI is InChI=1S/C20H21NO9/c1-25-16-10-13(11-17(26-2)18(16)27-3)19(22)30-15-6-5-12(9-14(15)21(23)24)20-28-7-4-8-29-20/h5-6,9-11,20H,4,7-8H2,1-3H3. The van der Waals surface area contributed by atoms with E-state index in [0.717, 1.165) is 6.42 Å². The number of nitrogens with zero attached hydrogens (tertiary/aromatic N) is 1. The molecule has 0 amide bonds. The van der Waals surface area contributed by atoms with Crippen LogP contribution in [-0.2, 0) is 9.47 Å². The van der Waals surface area contributed by atoms with Gasteiger partial charge in [0.1, 0.15) is 0 Å². The van der Waals surface area contributed by atoms with Gasteiger partial charge in [0.2, 0.25) is 11.5 Å². The van der Waals surface area contributed by atoms with E-state index in [4.69, 9.17) is 28.4 Å². The molecule has 10 heteroatoms. The van der Waals surface area contributed by atoms with Crippen LogP contribution in [0.15, 0.2) is 30.3 Å². The summed E-state index contributed by atoms with van der Waals surface area (Å²) in [5.74, 6) is -0.228. The average Bonchev–Trinajstić information content (AvgIpc) is 2.78. The van der Waals surface area contributed by atoms with Crippen molar-refractivity contribution in [3.63, 3.8) is 0 Å². The maximum Gasteiger partial charge on any atom is 0.344 e. The number of nitro benzene ring substituents is 1. The molecule has 1 aliphatic rings. The Kier molecular flexibility index (Phi) is 6.70. The van der Waals surface area contributed by atoms with Gasteiger partial charge in [-0.25, -0.2) is 4.79 Å². The highest BCUT2D eigenvalue weighted by Crippen LogP contribution is 2.39. The maximum atomic E-state index is 12.7. The van der Waals surface area contributed by atoms with Gasteiger partial charge in [0, 0.05) is 11.6 Å². The first-order chi connectivity index (χ1) is 14.5. The molecule has 0 N–H and O–H groups in total. The topological polar surface area (TPSA) is 116 Å². The van der Waals surface area contributed by atoms with Crippen LogP contribution in [0.5, 0.6) is 23.0 Å². The molecule has 3 rings (SSSR count). The van der Waals surface area contributed by atoms with Gasteiger partial charge in [0.05, 0.1) is 45.0 Å². The molecule has 1 aliphatic heterocycles. The van der Waals surface area contributed by atoms with Crippen LogP contribution in [0.3, 0.4) is 0 Å². The van der Waals surface area contributed by atoms with Gasteiger partial charge in [0.25, 0.3) is 0 Å². The Hall–Kier alpha value is -3.37. The van der Waals surface area contributed by atoms with Crippen LogP contribution >= 0.6 is 0 Å². The molecular formula is C20H21NO9. The fourth-order valence-electron chi connectivity index (χ4n) is 2.95. The first-order valence-electron chi connectivity index (χ1n) is 9.02. The Morgan fingerprint density at radius 1 is 1.00 bits per heavy atom. The van der Waals surface area contributed by atoms with Crippen LogP contribution in [-0.4, -0.2) is 45.4 Å². The highest BCUT2D eigenvalue weighted by Gasteiger charge is 2.25. The zero-order chi connectivity index (χ0) is 21.7. The van der Waals surface area contributed by atoms with E-state index >= 15 is 0 Å². The fraction of sp³-hybridized carbons (Fsp3) is 0.350. The predicted molar refractivity (Wildman–Crippen MR) is 103 cm³/mol. The Morgan fingerprint density at radius 2 is 1.63 bits per heavy atom. The summed E-state index contributed by atoms with van der Waals surface area (Å²) in [6.45, 7) is 0.993. The van der Waals surface area contributed by atoms with Crippen molar-refractivity contribution in [3.05, 3.63) is 51.6 Å². The van der Waals surface area contributed by atoms with E-state index in [1.54, 1.807) is 6.07 Å². The lowest BCUT2D eigenvalue weighted by Crippen LogP contribution is -2.18. The number of esters is 1. The number of benzene rings is 2. The second-order valence-corrected chi connectivity index (χ2v) is 6.21. The van der Waals surface area contributed by atoms with E-state index in [2.05, 4.69) is 0 Å². The molecule has 2 aromatic carbocycles. The van der Waals surface area contributed by atoms with Crippen LogP contribution in [0.4, 0.5) is 5.69 Å². The third-order valence-corrected chi connectivity index (χ3v) is 4.38. The molecule has 0 aliphatic carbocycles. The molecule has 30 heavy (non-hydrogen) atoms. The third kappa shape index (κ3) is 4.44. The molecule has 1 heterocycles. The number of hydrogen-bond donors (Lipinski definition) is 0. The second kappa shape index (κ2) is 9.42. The lowest BCUT2D eigenvalue weighted by molar-refractivity contribution is -0.385. The van der Waals surface area contributed by atoms with E-state index < -0.39 is 17.2 Å². The highest BCUT2D eigenvalue weighted by molar-refractivity contribution is 5.93. The predicted octanol–water partition coefficient (Wildman–Crippen LogP) is 3.28. The minimum atomic E-state index is -0.824. The molecule has 2 aromatic rings. The number of methoxy groups -OCH3 is 3. The summed E-state index contributed by atoms with van der Waals surface area (Å²) in [5.41, 5.74) is 0.155. The monoisotopic (exact) mass is 419 g/mol. The lowest BCUT2D eigenvalue weighted by Gasteiger charge is -2.23. The van der Waals surface area contributed by atoms with Crippen molar-refractivity contribution in [2.75, 3.05) is 34.5 Å². The molecule has 0 saturated carbocycles. The van der Waals surface area contributed by atoms with Gasteiger partial charge in [-0.2, -0.15) is 0 Å². The highest BCUT2D eigenvalue weighted by atomic mass is 16.7. The third-order valence-electron chi connectivity index (χ3n) is 4.38. The van der Waals surface area contributed by atoms with Crippen LogP contribution in [0.2, 0.25) is 0 Å². The van der Waals surface area contributed by atoms with Crippen molar-refractivity contribution in [2.45, 2.75) is 12.7 Å². The molecule has 0 bridgehead atoms. The molecule has 1 saturated heterocycles. The molecule has 0 atom stereocenters. The summed E-state index contributed by atoms with van der Waals surface area (Å²) >= 11 is 0. The molecule has 0 unspecified atom stereocenters. The maximum absolute atomic E-state index is 12.7. The number of carbonyl (C=O) groups is 1. The van der Waals surface area contributed by atoms with Gasteiger partial charge in [-0.3, -0.25) is 10.1 Å². The molecule has 0 radical (unpaired) electrons. The van der Waals surface area contributed by atoms with Crippen LogP contribution in [0.25, 0.3) is 0 Å². The number of hydrogen-bond acceptors (Lipinski definition) is 9. The molecule has 1 fully saturated rings. The molecule has 0 spiro atoms. The van der Waals surface area contributed by atoms with E-state index in [1.807, 2.05) is 0 Å². The zero-order valence-electron chi connectivity index (χ0n) is 16.7. The summed E-state index contributed by atoms with van der Waals surface area (Å²) in [7, 11) is 4.25. The van der Waals surface area contributed by atoms with Crippen LogP contribution in [0, 0.1) is 10.1 Å². The number of nitro groups is 1. The largest absolute Gasteiger partial charge is 0.493 e. The van der Waals surface area contributed by atoms with Gasteiger partial charge in [-0.05, 0) is 30.7 Å². The Labute approximate surface area is 172 Å². The van der Waals surface area contributed by atoms with Crippen molar-refractivity contribution < 1.29 is 38.1 Å². The summed E-state index contributed by atoms with van der Waals surface area (Å²) in [4.78, 5) is 23.6. The van der Waals surface area contributed by atoms with E-state index in [1.165, 1.54) is 45.6 Å². The number of ether oxygens (including phenoxy) is 6. The van der Waals surface area contributed by atoms with Crippen molar-refractivity contribution in [1.82, 2.24) is 0 Å². The van der Waals surface area contributed by atoms with Gasteiger partial charge in [0.15, 0.2) is 17.8 Å². The minimum absolute atomic E-state index is 0.0711. The number of rotatable bonds is 7. The average molecular weight is 419 g/mol. The second-order valence-electron chi connectivity index (χ2n) is 6.21. The van der Waals surface area contributed by atoms with E-state index in [9.17, 15) is 14.9 Å². The lowest BCUT2D eigenvalue weighted by atomic mass is 10.1. The van der Waals surface area contributed by atoms with Gasteiger partial charge < -0.3 is 28.4 Å². The SMILES string of the molecule is COc1cc(C(=O)Oc2ccc(C3OCCCO3)cc2[N+](=O)[O-])cc(OC)c1OC. The quantitative estimate of drug-likeness (QED) is 0.288. The normalized spacial score (nSPS) is 14.1. The molecule has 0 aromatic heterocycles.